The van der Waals surface area contributed by atoms with Crippen LogP contribution in [0.15, 0.2) is 11.1 Å². The number of hydrogen-bond acceptors (Lipinski definition) is 2. The van der Waals surface area contributed by atoms with Gasteiger partial charge < -0.3 is 10.0 Å². The lowest BCUT2D eigenvalue weighted by atomic mass is 9.89. The molecule has 1 unspecified atom stereocenters. The molecule has 1 fully saturated rings. The Labute approximate surface area is 115 Å². The third-order valence-corrected chi connectivity index (χ3v) is 4.21. The lowest BCUT2D eigenvalue weighted by molar-refractivity contribution is -0.133. The zero-order chi connectivity index (χ0) is 14.6. The average molecular weight is 267 g/mol. The van der Waals surface area contributed by atoms with Crippen molar-refractivity contribution in [3.8, 4) is 0 Å². The van der Waals surface area contributed by atoms with Gasteiger partial charge in [0.15, 0.2) is 0 Å². The van der Waals surface area contributed by atoms with Crippen molar-refractivity contribution in [1.82, 2.24) is 4.90 Å². The Kier molecular flexibility index (Phi) is 5.58. The van der Waals surface area contributed by atoms with E-state index in [-0.39, 0.29) is 11.5 Å². The first-order valence-corrected chi connectivity index (χ1v) is 7.04. The summed E-state index contributed by atoms with van der Waals surface area (Å²) in [6, 6.07) is 0. The predicted molar refractivity (Wildman–Crippen MR) is 74.8 cm³/mol. The summed E-state index contributed by atoms with van der Waals surface area (Å²) < 4.78 is 0. The molecule has 1 rings (SSSR count). The molecule has 4 nitrogen and oxygen atoms in total. The number of carbonyl (C=O) groups is 2. The highest BCUT2D eigenvalue weighted by Crippen LogP contribution is 2.25. The van der Waals surface area contributed by atoms with Gasteiger partial charge in [-0.25, -0.2) is 4.79 Å². The predicted octanol–water partition coefficient (Wildman–Crippen LogP) is 2.69. The number of carboxylic acid groups (broad SMARTS) is 1. The highest BCUT2D eigenvalue weighted by Gasteiger charge is 2.24. The van der Waals surface area contributed by atoms with Gasteiger partial charge in [-0.1, -0.05) is 13.8 Å². The van der Waals surface area contributed by atoms with Crippen molar-refractivity contribution < 1.29 is 14.7 Å². The van der Waals surface area contributed by atoms with E-state index in [1.807, 2.05) is 4.90 Å². The second kappa shape index (κ2) is 6.73. The molecule has 1 aliphatic rings. The van der Waals surface area contributed by atoms with Crippen LogP contribution in [0.2, 0.25) is 0 Å². The Balaban J connectivity index is 2.74. The van der Waals surface area contributed by atoms with E-state index in [1.54, 1.807) is 6.92 Å². The van der Waals surface area contributed by atoms with Crippen molar-refractivity contribution in [3.05, 3.63) is 11.1 Å². The Morgan fingerprint density at radius 3 is 2.26 bits per heavy atom. The molecule has 0 bridgehead atoms. The number of amides is 1. The first kappa shape index (κ1) is 15.7. The molecule has 1 atom stereocenters. The molecule has 0 radical (unpaired) electrons. The van der Waals surface area contributed by atoms with Crippen molar-refractivity contribution >= 4 is 11.9 Å². The SMILES string of the molecule is CC(C(=O)O)=C(C)C(=O)N1CCCC(C(C)C)CC1. The Morgan fingerprint density at radius 1 is 1.11 bits per heavy atom. The summed E-state index contributed by atoms with van der Waals surface area (Å²) in [6.07, 6.45) is 3.18. The molecule has 19 heavy (non-hydrogen) atoms. The van der Waals surface area contributed by atoms with Gasteiger partial charge in [0.25, 0.3) is 0 Å². The van der Waals surface area contributed by atoms with E-state index in [4.69, 9.17) is 5.11 Å². The Morgan fingerprint density at radius 2 is 1.74 bits per heavy atom. The van der Waals surface area contributed by atoms with E-state index in [0.717, 1.165) is 32.4 Å². The average Bonchev–Trinajstić information content (AvgIpc) is 2.61. The molecule has 1 aliphatic heterocycles. The minimum Gasteiger partial charge on any atom is -0.478 e. The Hall–Kier alpha value is -1.32. The lowest BCUT2D eigenvalue weighted by Gasteiger charge is -2.22. The summed E-state index contributed by atoms with van der Waals surface area (Å²) in [6.45, 7) is 9.03. The van der Waals surface area contributed by atoms with Gasteiger partial charge >= 0.3 is 5.97 Å². The summed E-state index contributed by atoms with van der Waals surface area (Å²) in [4.78, 5) is 25.0. The van der Waals surface area contributed by atoms with Crippen molar-refractivity contribution in [2.24, 2.45) is 11.8 Å². The minimum atomic E-state index is -1.01. The molecule has 0 aromatic heterocycles. The summed E-state index contributed by atoms with van der Waals surface area (Å²) in [5.41, 5.74) is 0.505. The second-order valence-electron chi connectivity index (χ2n) is 5.78. The first-order chi connectivity index (χ1) is 8.84. The zero-order valence-electron chi connectivity index (χ0n) is 12.4. The topological polar surface area (TPSA) is 57.6 Å². The number of hydrogen-bond donors (Lipinski definition) is 1. The van der Waals surface area contributed by atoms with Crippen LogP contribution >= 0.6 is 0 Å². The quantitative estimate of drug-likeness (QED) is 0.800. The lowest BCUT2D eigenvalue weighted by Crippen LogP contribution is -2.33. The maximum atomic E-state index is 12.3. The van der Waals surface area contributed by atoms with Crippen LogP contribution in [0, 0.1) is 11.8 Å². The highest BCUT2D eigenvalue weighted by molar-refractivity contribution is 6.01. The third kappa shape index (κ3) is 4.08. The summed E-state index contributed by atoms with van der Waals surface area (Å²) in [7, 11) is 0. The summed E-state index contributed by atoms with van der Waals surface area (Å²) in [5, 5.41) is 8.94. The molecule has 108 valence electrons. The van der Waals surface area contributed by atoms with E-state index in [9.17, 15) is 9.59 Å². The molecular formula is C15H25NO3. The molecule has 1 N–H and O–H groups in total. The van der Waals surface area contributed by atoms with Gasteiger partial charge in [0.2, 0.25) is 5.91 Å². The second-order valence-corrected chi connectivity index (χ2v) is 5.78. The number of likely N-dealkylation sites (tertiary alicyclic amines) is 1. The first-order valence-electron chi connectivity index (χ1n) is 7.04. The zero-order valence-corrected chi connectivity index (χ0v) is 12.4. The van der Waals surface area contributed by atoms with Crippen LogP contribution < -0.4 is 0 Å². The fourth-order valence-electron chi connectivity index (χ4n) is 2.55. The Bertz CT molecular complexity index is 385. The van der Waals surface area contributed by atoms with Crippen LogP contribution in [-0.4, -0.2) is 35.0 Å². The fraction of sp³-hybridized carbons (Fsp3) is 0.733. The largest absolute Gasteiger partial charge is 0.478 e. The number of nitrogens with zero attached hydrogens (tertiary/aromatic N) is 1. The fourth-order valence-corrected chi connectivity index (χ4v) is 2.55. The summed E-state index contributed by atoms with van der Waals surface area (Å²) in [5.74, 6) is 0.181. The van der Waals surface area contributed by atoms with Crippen LogP contribution in [-0.2, 0) is 9.59 Å². The van der Waals surface area contributed by atoms with Gasteiger partial charge in [-0.3, -0.25) is 4.79 Å². The van der Waals surface area contributed by atoms with Gasteiger partial charge in [0, 0.05) is 24.2 Å². The van der Waals surface area contributed by atoms with Crippen LogP contribution in [0.25, 0.3) is 0 Å². The molecule has 0 spiro atoms. The standard InChI is InChI=1S/C15H25NO3/c1-10(2)13-6-5-8-16(9-7-13)14(17)11(3)12(4)15(18)19/h10,13H,5-9H2,1-4H3,(H,18,19). The van der Waals surface area contributed by atoms with Gasteiger partial charge in [-0.2, -0.15) is 0 Å². The summed E-state index contributed by atoms with van der Waals surface area (Å²) >= 11 is 0. The molecular weight excluding hydrogens is 242 g/mol. The van der Waals surface area contributed by atoms with Gasteiger partial charge in [-0.05, 0) is 44.9 Å². The maximum Gasteiger partial charge on any atom is 0.331 e. The number of rotatable bonds is 3. The highest BCUT2D eigenvalue weighted by atomic mass is 16.4. The molecule has 1 heterocycles. The molecule has 1 saturated heterocycles. The van der Waals surface area contributed by atoms with Gasteiger partial charge in [0.05, 0.1) is 0 Å². The molecule has 0 aromatic carbocycles. The van der Waals surface area contributed by atoms with Crippen LogP contribution in [0.4, 0.5) is 0 Å². The number of carbonyl (C=O) groups excluding carboxylic acids is 1. The minimum absolute atomic E-state index is 0.121. The van der Waals surface area contributed by atoms with Crippen LogP contribution in [0.1, 0.15) is 47.0 Å². The van der Waals surface area contributed by atoms with E-state index in [0.29, 0.717) is 17.4 Å². The van der Waals surface area contributed by atoms with Crippen molar-refractivity contribution in [2.45, 2.75) is 47.0 Å². The molecule has 0 saturated carbocycles. The third-order valence-electron chi connectivity index (χ3n) is 4.21. The number of aliphatic carboxylic acids is 1. The van der Waals surface area contributed by atoms with Crippen molar-refractivity contribution in [1.29, 1.82) is 0 Å². The number of carboxylic acids is 1. The van der Waals surface area contributed by atoms with Gasteiger partial charge in [-0.15, -0.1) is 0 Å². The molecule has 4 heteroatoms. The van der Waals surface area contributed by atoms with E-state index < -0.39 is 5.97 Å². The van der Waals surface area contributed by atoms with Crippen molar-refractivity contribution in [3.63, 3.8) is 0 Å². The van der Waals surface area contributed by atoms with Crippen molar-refractivity contribution in [2.75, 3.05) is 13.1 Å². The van der Waals surface area contributed by atoms with Crippen LogP contribution in [0.3, 0.4) is 0 Å². The molecule has 0 aromatic rings. The van der Waals surface area contributed by atoms with Gasteiger partial charge in [0.1, 0.15) is 0 Å². The van der Waals surface area contributed by atoms with E-state index >= 15 is 0 Å². The smallest absolute Gasteiger partial charge is 0.331 e. The maximum absolute atomic E-state index is 12.3. The normalized spacial score (nSPS) is 21.9. The monoisotopic (exact) mass is 267 g/mol. The van der Waals surface area contributed by atoms with E-state index in [1.165, 1.54) is 6.92 Å². The van der Waals surface area contributed by atoms with E-state index in [2.05, 4.69) is 13.8 Å². The van der Waals surface area contributed by atoms with Crippen LogP contribution in [0.5, 0.6) is 0 Å². The molecule has 0 aliphatic carbocycles. The molecule has 1 amide bonds.